The molecule has 0 aromatic heterocycles. The van der Waals surface area contributed by atoms with E-state index in [0.717, 1.165) is 17.2 Å². The van der Waals surface area contributed by atoms with Gasteiger partial charge in [0.15, 0.2) is 0 Å². The van der Waals surface area contributed by atoms with E-state index in [1.54, 1.807) is 7.11 Å². The number of hydrogen-bond donors (Lipinski definition) is 2. The third-order valence-electron chi connectivity index (χ3n) is 3.60. The lowest BCUT2D eigenvalue weighted by Crippen LogP contribution is -2.33. The summed E-state index contributed by atoms with van der Waals surface area (Å²) in [5, 5.41) is 0.712. The highest BCUT2D eigenvalue weighted by atomic mass is 35.5. The van der Waals surface area contributed by atoms with E-state index in [0.29, 0.717) is 10.9 Å². The van der Waals surface area contributed by atoms with Crippen LogP contribution in [-0.2, 0) is 0 Å². The van der Waals surface area contributed by atoms with E-state index in [2.05, 4.69) is 12.3 Å². The predicted molar refractivity (Wildman–Crippen MR) is 70.0 cm³/mol. The summed E-state index contributed by atoms with van der Waals surface area (Å²) in [7, 11) is 1.67. The minimum Gasteiger partial charge on any atom is -0.496 e. The molecule has 3 nitrogen and oxygen atoms in total. The van der Waals surface area contributed by atoms with Crippen molar-refractivity contribution >= 4 is 11.6 Å². The van der Waals surface area contributed by atoms with Crippen molar-refractivity contribution in [2.24, 2.45) is 17.7 Å². The Morgan fingerprint density at radius 3 is 2.71 bits per heavy atom. The van der Waals surface area contributed by atoms with Gasteiger partial charge in [-0.3, -0.25) is 11.3 Å². The second-order valence-corrected chi connectivity index (χ2v) is 5.16. The molecule has 0 amide bonds. The summed E-state index contributed by atoms with van der Waals surface area (Å²) in [6.45, 7) is 2.22. The molecule has 3 N–H and O–H groups in total. The molecule has 0 spiro atoms. The van der Waals surface area contributed by atoms with Crippen molar-refractivity contribution in [3.63, 3.8) is 0 Å². The molecule has 1 saturated carbocycles. The molecule has 1 fully saturated rings. The number of nitrogens with two attached hydrogens (primary N) is 1. The van der Waals surface area contributed by atoms with Crippen LogP contribution in [0.4, 0.5) is 0 Å². The molecule has 0 saturated heterocycles. The zero-order chi connectivity index (χ0) is 12.4. The fourth-order valence-corrected chi connectivity index (χ4v) is 2.55. The van der Waals surface area contributed by atoms with E-state index in [4.69, 9.17) is 22.2 Å². The average molecular weight is 255 g/mol. The van der Waals surface area contributed by atoms with Crippen LogP contribution in [-0.4, -0.2) is 7.11 Å². The first-order chi connectivity index (χ1) is 8.17. The van der Waals surface area contributed by atoms with Crippen LogP contribution in [0.2, 0.25) is 5.02 Å². The van der Waals surface area contributed by atoms with E-state index >= 15 is 0 Å². The van der Waals surface area contributed by atoms with Gasteiger partial charge in [0.25, 0.3) is 0 Å². The van der Waals surface area contributed by atoms with Crippen molar-refractivity contribution in [3.05, 3.63) is 28.8 Å². The molecule has 2 unspecified atom stereocenters. The minimum atomic E-state index is 0.0937. The van der Waals surface area contributed by atoms with E-state index in [-0.39, 0.29) is 6.04 Å². The maximum atomic E-state index is 6.05. The molecule has 17 heavy (non-hydrogen) atoms. The summed E-state index contributed by atoms with van der Waals surface area (Å²) in [5.41, 5.74) is 3.95. The topological polar surface area (TPSA) is 47.3 Å². The van der Waals surface area contributed by atoms with Crippen molar-refractivity contribution in [1.82, 2.24) is 5.43 Å². The summed E-state index contributed by atoms with van der Waals surface area (Å²) in [4.78, 5) is 0. The average Bonchev–Trinajstić information content (AvgIpc) is 3.14. The number of rotatable bonds is 5. The number of nitrogens with one attached hydrogen (secondary N) is 1. The van der Waals surface area contributed by atoms with Crippen molar-refractivity contribution < 1.29 is 4.74 Å². The maximum Gasteiger partial charge on any atom is 0.123 e. The first kappa shape index (κ1) is 12.7. The smallest absolute Gasteiger partial charge is 0.123 e. The van der Waals surface area contributed by atoms with Gasteiger partial charge in [-0.25, -0.2) is 0 Å². The zero-order valence-electron chi connectivity index (χ0n) is 10.2. The van der Waals surface area contributed by atoms with Crippen LogP contribution in [0, 0.1) is 11.8 Å². The van der Waals surface area contributed by atoms with Gasteiger partial charge in [0, 0.05) is 10.6 Å². The molecule has 1 aromatic rings. The number of benzene rings is 1. The Morgan fingerprint density at radius 2 is 2.18 bits per heavy atom. The second kappa shape index (κ2) is 5.25. The molecule has 94 valence electrons. The zero-order valence-corrected chi connectivity index (χ0v) is 11.0. The highest BCUT2D eigenvalue weighted by Gasteiger charge is 2.34. The Kier molecular flexibility index (Phi) is 3.92. The van der Waals surface area contributed by atoms with Crippen LogP contribution >= 0.6 is 11.6 Å². The minimum absolute atomic E-state index is 0.0937. The first-order valence-electron chi connectivity index (χ1n) is 5.97. The summed E-state index contributed by atoms with van der Waals surface area (Å²) in [5.74, 6) is 7.79. The van der Waals surface area contributed by atoms with Gasteiger partial charge in [-0.2, -0.15) is 0 Å². The Hall–Kier alpha value is -0.770. The van der Waals surface area contributed by atoms with Crippen LogP contribution in [0.1, 0.15) is 31.4 Å². The lowest BCUT2D eigenvalue weighted by molar-refractivity contribution is 0.335. The highest BCUT2D eigenvalue weighted by molar-refractivity contribution is 6.30. The molecular weight excluding hydrogens is 236 g/mol. The number of methoxy groups -OCH3 is 1. The molecule has 1 aliphatic carbocycles. The van der Waals surface area contributed by atoms with E-state index in [1.165, 1.54) is 12.8 Å². The third-order valence-corrected chi connectivity index (χ3v) is 3.83. The summed E-state index contributed by atoms with van der Waals surface area (Å²) < 4.78 is 5.38. The van der Waals surface area contributed by atoms with Crippen LogP contribution in [0.15, 0.2) is 18.2 Å². The molecule has 4 heteroatoms. The van der Waals surface area contributed by atoms with Gasteiger partial charge in [-0.1, -0.05) is 18.5 Å². The van der Waals surface area contributed by atoms with E-state index in [1.807, 2.05) is 18.2 Å². The van der Waals surface area contributed by atoms with Gasteiger partial charge < -0.3 is 4.74 Å². The largest absolute Gasteiger partial charge is 0.496 e. The first-order valence-corrected chi connectivity index (χ1v) is 6.34. The van der Waals surface area contributed by atoms with E-state index in [9.17, 15) is 0 Å². The fraction of sp³-hybridized carbons (Fsp3) is 0.538. The molecule has 0 aliphatic heterocycles. The molecule has 0 radical (unpaired) electrons. The lowest BCUT2D eigenvalue weighted by atomic mass is 9.90. The van der Waals surface area contributed by atoms with Crippen LogP contribution in [0.5, 0.6) is 5.75 Å². The number of halogens is 1. The Morgan fingerprint density at radius 1 is 1.47 bits per heavy atom. The maximum absolute atomic E-state index is 6.05. The summed E-state index contributed by atoms with van der Waals surface area (Å²) in [6, 6.07) is 5.75. The van der Waals surface area contributed by atoms with Gasteiger partial charge in [0.1, 0.15) is 5.75 Å². The molecule has 2 atom stereocenters. The Labute approximate surface area is 107 Å². The quantitative estimate of drug-likeness (QED) is 0.627. The van der Waals surface area contributed by atoms with Crippen molar-refractivity contribution in [1.29, 1.82) is 0 Å². The Bertz CT molecular complexity index is 393. The van der Waals surface area contributed by atoms with Crippen LogP contribution in [0.25, 0.3) is 0 Å². The Balaban J connectivity index is 2.30. The number of ether oxygens (including phenoxy) is 1. The second-order valence-electron chi connectivity index (χ2n) is 4.73. The van der Waals surface area contributed by atoms with Gasteiger partial charge >= 0.3 is 0 Å². The SMILES string of the molecule is COc1ccc(Cl)cc1C(NN)C(C)C1CC1. The number of hydrogen-bond acceptors (Lipinski definition) is 3. The fourth-order valence-electron chi connectivity index (χ4n) is 2.37. The predicted octanol–water partition coefficient (Wildman–Crippen LogP) is 2.90. The number of hydrazine groups is 1. The van der Waals surface area contributed by atoms with Crippen LogP contribution in [0.3, 0.4) is 0 Å². The van der Waals surface area contributed by atoms with Gasteiger partial charge in [0.2, 0.25) is 0 Å². The van der Waals surface area contributed by atoms with Crippen molar-refractivity contribution in [3.8, 4) is 5.75 Å². The van der Waals surface area contributed by atoms with Gasteiger partial charge in [-0.05, 0) is 42.9 Å². The van der Waals surface area contributed by atoms with Crippen molar-refractivity contribution in [2.45, 2.75) is 25.8 Å². The van der Waals surface area contributed by atoms with Gasteiger partial charge in [-0.15, -0.1) is 0 Å². The molecule has 0 heterocycles. The monoisotopic (exact) mass is 254 g/mol. The standard InChI is InChI=1S/C13H19ClN2O/c1-8(9-3-4-9)13(16-15)11-7-10(14)5-6-12(11)17-2/h5-9,13,16H,3-4,15H2,1-2H3. The highest BCUT2D eigenvalue weighted by Crippen LogP contribution is 2.44. The molecule has 2 rings (SSSR count). The van der Waals surface area contributed by atoms with Crippen LogP contribution < -0.4 is 16.0 Å². The summed E-state index contributed by atoms with van der Waals surface area (Å²) >= 11 is 6.05. The van der Waals surface area contributed by atoms with Gasteiger partial charge in [0.05, 0.1) is 13.2 Å². The molecular formula is C13H19ClN2O. The summed E-state index contributed by atoms with van der Waals surface area (Å²) in [6.07, 6.45) is 2.59. The van der Waals surface area contributed by atoms with Crippen molar-refractivity contribution in [2.75, 3.05) is 7.11 Å². The molecule has 1 aliphatic rings. The van der Waals surface area contributed by atoms with E-state index < -0.39 is 0 Å². The molecule has 1 aromatic carbocycles. The third kappa shape index (κ3) is 2.73. The lowest BCUT2D eigenvalue weighted by Gasteiger charge is -2.25. The molecule has 0 bridgehead atoms. The normalized spacial score (nSPS) is 18.8.